The van der Waals surface area contributed by atoms with Gasteiger partial charge in [0.1, 0.15) is 5.82 Å². The van der Waals surface area contributed by atoms with Crippen LogP contribution in [0.15, 0.2) is 53.2 Å². The van der Waals surface area contributed by atoms with E-state index in [-0.39, 0.29) is 17.9 Å². The van der Waals surface area contributed by atoms with Crippen LogP contribution >= 0.6 is 0 Å². The zero-order chi connectivity index (χ0) is 21.9. The number of piperidine rings is 1. The minimum atomic E-state index is -0.0828. The largest absolute Gasteiger partial charge is 0.355 e. The second-order valence-corrected chi connectivity index (χ2v) is 8.88. The summed E-state index contributed by atoms with van der Waals surface area (Å²) in [5, 5.41) is 7.43. The van der Waals surface area contributed by atoms with Crippen LogP contribution < -0.4 is 10.2 Å². The van der Waals surface area contributed by atoms with Crippen LogP contribution in [0.3, 0.4) is 0 Å². The summed E-state index contributed by atoms with van der Waals surface area (Å²) in [6.07, 6.45) is 7.05. The molecule has 32 heavy (non-hydrogen) atoms. The van der Waals surface area contributed by atoms with Crippen molar-refractivity contribution >= 4 is 11.7 Å². The molecule has 2 atom stereocenters. The SMILES string of the molecule is C[C@H](NC(=O)[C@@H]1CCCN(c2ncccc2-c2noc(C3CCC3)n2)C1)c1ccccc1. The Labute approximate surface area is 188 Å². The van der Waals surface area contributed by atoms with E-state index in [0.717, 1.165) is 55.1 Å². The third-order valence-electron chi connectivity index (χ3n) is 6.67. The monoisotopic (exact) mass is 431 g/mol. The van der Waals surface area contributed by atoms with Crippen molar-refractivity contribution in [3.8, 4) is 11.4 Å². The van der Waals surface area contributed by atoms with Crippen molar-refractivity contribution in [2.45, 2.75) is 51.0 Å². The summed E-state index contributed by atoms with van der Waals surface area (Å²) < 4.78 is 5.54. The van der Waals surface area contributed by atoms with Gasteiger partial charge in [0, 0.05) is 25.2 Å². The minimum Gasteiger partial charge on any atom is -0.355 e. The van der Waals surface area contributed by atoms with Crippen molar-refractivity contribution < 1.29 is 9.32 Å². The second-order valence-electron chi connectivity index (χ2n) is 8.88. The van der Waals surface area contributed by atoms with Crippen LogP contribution in [0, 0.1) is 5.92 Å². The molecule has 0 radical (unpaired) electrons. The zero-order valence-corrected chi connectivity index (χ0v) is 18.4. The Morgan fingerprint density at radius 1 is 1.12 bits per heavy atom. The van der Waals surface area contributed by atoms with Gasteiger partial charge in [-0.25, -0.2) is 4.98 Å². The molecule has 1 saturated heterocycles. The predicted molar refractivity (Wildman–Crippen MR) is 122 cm³/mol. The number of aromatic nitrogens is 3. The Morgan fingerprint density at radius 2 is 1.97 bits per heavy atom. The van der Waals surface area contributed by atoms with E-state index in [1.807, 2.05) is 49.4 Å². The van der Waals surface area contributed by atoms with E-state index in [2.05, 4.69) is 25.3 Å². The lowest BCUT2D eigenvalue weighted by Crippen LogP contribution is -2.44. The Morgan fingerprint density at radius 3 is 2.75 bits per heavy atom. The van der Waals surface area contributed by atoms with Gasteiger partial charge in [-0.1, -0.05) is 41.9 Å². The highest BCUT2D eigenvalue weighted by Gasteiger charge is 2.30. The summed E-state index contributed by atoms with van der Waals surface area (Å²) >= 11 is 0. The van der Waals surface area contributed by atoms with Crippen LogP contribution in [-0.2, 0) is 4.79 Å². The fourth-order valence-corrected chi connectivity index (χ4v) is 4.53. The van der Waals surface area contributed by atoms with Gasteiger partial charge in [-0.15, -0.1) is 0 Å². The third kappa shape index (κ3) is 4.24. The molecule has 166 valence electrons. The molecule has 2 aliphatic rings. The number of hydrogen-bond donors (Lipinski definition) is 1. The lowest BCUT2D eigenvalue weighted by molar-refractivity contribution is -0.125. The number of amides is 1. The highest BCUT2D eigenvalue weighted by atomic mass is 16.5. The van der Waals surface area contributed by atoms with Gasteiger partial charge in [-0.2, -0.15) is 4.98 Å². The second kappa shape index (κ2) is 9.10. The topological polar surface area (TPSA) is 84.2 Å². The highest BCUT2D eigenvalue weighted by Crippen LogP contribution is 2.37. The van der Waals surface area contributed by atoms with Crippen molar-refractivity contribution in [2.75, 3.05) is 18.0 Å². The first kappa shape index (κ1) is 20.7. The van der Waals surface area contributed by atoms with E-state index in [4.69, 9.17) is 4.52 Å². The number of rotatable bonds is 6. The molecule has 1 aliphatic carbocycles. The number of carbonyl (C=O) groups is 1. The van der Waals surface area contributed by atoms with Crippen LogP contribution in [-0.4, -0.2) is 34.1 Å². The Bertz CT molecular complexity index is 1060. The molecular formula is C25H29N5O2. The van der Waals surface area contributed by atoms with Crippen LogP contribution in [0.1, 0.15) is 62.4 Å². The molecule has 2 fully saturated rings. The first-order valence-corrected chi connectivity index (χ1v) is 11.6. The molecule has 5 rings (SSSR count). The number of anilines is 1. The number of pyridine rings is 1. The zero-order valence-electron chi connectivity index (χ0n) is 18.4. The molecule has 2 aromatic heterocycles. The summed E-state index contributed by atoms with van der Waals surface area (Å²) in [6.45, 7) is 3.51. The molecule has 3 aromatic rings. The van der Waals surface area contributed by atoms with Crippen molar-refractivity contribution in [3.63, 3.8) is 0 Å². The highest BCUT2D eigenvalue weighted by molar-refractivity contribution is 5.80. The molecule has 0 bridgehead atoms. The van der Waals surface area contributed by atoms with Gasteiger partial charge in [0.25, 0.3) is 0 Å². The van der Waals surface area contributed by atoms with Gasteiger partial charge in [-0.3, -0.25) is 4.79 Å². The quantitative estimate of drug-likeness (QED) is 0.619. The summed E-state index contributed by atoms with van der Waals surface area (Å²) in [7, 11) is 0. The lowest BCUT2D eigenvalue weighted by Gasteiger charge is -2.34. The van der Waals surface area contributed by atoms with Crippen LogP contribution in [0.2, 0.25) is 0 Å². The van der Waals surface area contributed by atoms with Gasteiger partial charge in [0.15, 0.2) is 0 Å². The van der Waals surface area contributed by atoms with E-state index < -0.39 is 0 Å². The summed E-state index contributed by atoms with van der Waals surface area (Å²) in [5.74, 6) is 2.54. The number of benzene rings is 1. The average molecular weight is 432 g/mol. The van der Waals surface area contributed by atoms with Crippen molar-refractivity contribution in [1.82, 2.24) is 20.4 Å². The molecule has 7 nitrogen and oxygen atoms in total. The summed E-state index contributed by atoms with van der Waals surface area (Å²) in [6, 6.07) is 13.9. The van der Waals surface area contributed by atoms with Crippen molar-refractivity contribution in [3.05, 3.63) is 60.1 Å². The molecule has 0 spiro atoms. The molecule has 0 unspecified atom stereocenters. The van der Waals surface area contributed by atoms with Crippen molar-refractivity contribution in [1.29, 1.82) is 0 Å². The summed E-state index contributed by atoms with van der Waals surface area (Å²) in [4.78, 5) is 24.5. The maximum absolute atomic E-state index is 13.0. The minimum absolute atomic E-state index is 0.0197. The standard InChI is InChI=1S/C25H29N5O2/c1-17(18-8-3-2-4-9-18)27-24(31)20-12-7-15-30(16-20)23-21(13-6-14-26-23)22-28-25(32-29-22)19-10-5-11-19/h2-4,6,8-9,13-14,17,19-20H,5,7,10-12,15-16H2,1H3,(H,27,31)/t17-,20+/m0/s1. The average Bonchev–Trinajstić information content (AvgIpc) is 3.28. The molecule has 1 N–H and O–H groups in total. The van der Waals surface area contributed by atoms with Gasteiger partial charge in [-0.05, 0) is 50.3 Å². The van der Waals surface area contributed by atoms with Gasteiger partial charge >= 0.3 is 0 Å². The number of nitrogens with zero attached hydrogens (tertiary/aromatic N) is 4. The molecule has 3 heterocycles. The van der Waals surface area contributed by atoms with E-state index in [1.165, 1.54) is 6.42 Å². The van der Waals surface area contributed by atoms with Crippen LogP contribution in [0.25, 0.3) is 11.4 Å². The predicted octanol–water partition coefficient (Wildman–Crippen LogP) is 4.49. The Kier molecular flexibility index (Phi) is 5.88. The van der Waals surface area contributed by atoms with Gasteiger partial charge < -0.3 is 14.7 Å². The molecule has 7 heteroatoms. The smallest absolute Gasteiger partial charge is 0.230 e. The van der Waals surface area contributed by atoms with Gasteiger partial charge in [0.2, 0.25) is 17.6 Å². The molecule has 1 aliphatic heterocycles. The fraction of sp³-hybridized carbons (Fsp3) is 0.440. The molecule has 1 amide bonds. The van der Waals surface area contributed by atoms with E-state index in [0.29, 0.717) is 18.3 Å². The molecule has 1 aromatic carbocycles. The lowest BCUT2D eigenvalue weighted by atomic mass is 9.85. The Balaban J connectivity index is 1.30. The number of carbonyl (C=O) groups excluding carboxylic acids is 1. The fourth-order valence-electron chi connectivity index (χ4n) is 4.53. The van der Waals surface area contributed by atoms with Crippen LogP contribution in [0.5, 0.6) is 0 Å². The molecule has 1 saturated carbocycles. The van der Waals surface area contributed by atoms with Crippen LogP contribution in [0.4, 0.5) is 5.82 Å². The van der Waals surface area contributed by atoms with Crippen molar-refractivity contribution in [2.24, 2.45) is 5.92 Å². The maximum Gasteiger partial charge on any atom is 0.230 e. The maximum atomic E-state index is 13.0. The normalized spacial score (nSPS) is 19.9. The third-order valence-corrected chi connectivity index (χ3v) is 6.67. The first-order chi connectivity index (χ1) is 15.7. The van der Waals surface area contributed by atoms with E-state index >= 15 is 0 Å². The van der Waals surface area contributed by atoms with E-state index in [9.17, 15) is 4.79 Å². The Hall–Kier alpha value is -3.22. The van der Waals surface area contributed by atoms with E-state index in [1.54, 1.807) is 6.20 Å². The molecular weight excluding hydrogens is 402 g/mol. The van der Waals surface area contributed by atoms with Gasteiger partial charge in [0.05, 0.1) is 17.5 Å². The number of nitrogens with one attached hydrogen (secondary N) is 1. The summed E-state index contributed by atoms with van der Waals surface area (Å²) in [5.41, 5.74) is 1.97. The number of hydrogen-bond acceptors (Lipinski definition) is 6. The first-order valence-electron chi connectivity index (χ1n) is 11.6.